The highest BCUT2D eigenvalue weighted by Gasteiger charge is 2.31. The van der Waals surface area contributed by atoms with Crippen LogP contribution in [0.15, 0.2) is 30.7 Å². The van der Waals surface area contributed by atoms with E-state index in [1.165, 1.54) is 14.2 Å². The Hall–Kier alpha value is -2.97. The highest BCUT2D eigenvalue weighted by Crippen LogP contribution is 2.43. The van der Waals surface area contributed by atoms with Gasteiger partial charge in [-0.1, -0.05) is 6.07 Å². The predicted octanol–water partition coefficient (Wildman–Crippen LogP) is 3.59. The van der Waals surface area contributed by atoms with Gasteiger partial charge in [0.2, 0.25) is 5.75 Å². The number of methoxy groups -OCH3 is 2. The van der Waals surface area contributed by atoms with Gasteiger partial charge in [0.25, 0.3) is 5.88 Å². The summed E-state index contributed by atoms with van der Waals surface area (Å²) in [7, 11) is 4.50. The summed E-state index contributed by atoms with van der Waals surface area (Å²) in [5, 5.41) is 0.504. The zero-order valence-corrected chi connectivity index (χ0v) is 14.3. The van der Waals surface area contributed by atoms with Crippen LogP contribution in [0.3, 0.4) is 0 Å². The fourth-order valence-electron chi connectivity index (χ4n) is 2.61. The number of halogens is 3. The van der Waals surface area contributed by atoms with E-state index in [4.69, 9.17) is 14.2 Å². The van der Waals surface area contributed by atoms with E-state index in [2.05, 4.69) is 9.97 Å². The van der Waals surface area contributed by atoms with Crippen LogP contribution >= 0.6 is 0 Å². The van der Waals surface area contributed by atoms with Gasteiger partial charge >= 0.3 is 6.18 Å². The fraction of sp³-hybridized carbons (Fsp3) is 0.294. The fourth-order valence-corrected chi connectivity index (χ4v) is 2.61. The maximum atomic E-state index is 12.6. The average molecular weight is 367 g/mol. The quantitative estimate of drug-likeness (QED) is 0.690. The van der Waals surface area contributed by atoms with Crippen molar-refractivity contribution in [1.29, 1.82) is 0 Å². The summed E-state index contributed by atoms with van der Waals surface area (Å²) in [6.45, 7) is -1.48. The van der Waals surface area contributed by atoms with Gasteiger partial charge in [-0.25, -0.2) is 9.97 Å². The van der Waals surface area contributed by atoms with Crippen LogP contribution in [0.4, 0.5) is 13.2 Å². The maximum absolute atomic E-state index is 12.6. The molecule has 0 radical (unpaired) electrons. The van der Waals surface area contributed by atoms with Gasteiger partial charge in [-0.05, 0) is 12.1 Å². The molecule has 0 unspecified atom stereocenters. The standard InChI is InChI=1S/C17H16F3N3O3/c1-23-9-21-7-13(23)10-4-5-12-11(6-10)14(24-2)15(16(22-12)25-3)26-8-17(18,19)20/h4-7,9H,8H2,1-3H3. The lowest BCUT2D eigenvalue weighted by molar-refractivity contribution is -0.153. The average Bonchev–Trinajstić information content (AvgIpc) is 3.03. The zero-order chi connectivity index (χ0) is 18.9. The molecule has 0 amide bonds. The smallest absolute Gasteiger partial charge is 0.422 e. The molecule has 3 rings (SSSR count). The minimum Gasteiger partial charge on any atom is -0.492 e. The van der Waals surface area contributed by atoms with E-state index in [0.29, 0.717) is 10.9 Å². The Morgan fingerprint density at radius 3 is 2.46 bits per heavy atom. The van der Waals surface area contributed by atoms with E-state index >= 15 is 0 Å². The van der Waals surface area contributed by atoms with Crippen molar-refractivity contribution in [2.24, 2.45) is 7.05 Å². The van der Waals surface area contributed by atoms with Crippen molar-refractivity contribution in [1.82, 2.24) is 14.5 Å². The van der Waals surface area contributed by atoms with Crippen molar-refractivity contribution < 1.29 is 27.4 Å². The van der Waals surface area contributed by atoms with E-state index in [1.54, 1.807) is 24.7 Å². The molecule has 0 saturated carbocycles. The maximum Gasteiger partial charge on any atom is 0.422 e. The summed E-state index contributed by atoms with van der Waals surface area (Å²) < 4.78 is 54.9. The Bertz CT molecular complexity index is 938. The number of ether oxygens (including phenoxy) is 3. The molecule has 2 aromatic heterocycles. The third kappa shape index (κ3) is 3.37. The molecule has 0 aliphatic heterocycles. The number of alkyl halides is 3. The number of aromatic nitrogens is 3. The van der Waals surface area contributed by atoms with Crippen LogP contribution in [-0.2, 0) is 7.05 Å². The molecule has 0 fully saturated rings. The number of pyridine rings is 1. The van der Waals surface area contributed by atoms with Crippen LogP contribution in [0, 0.1) is 0 Å². The van der Waals surface area contributed by atoms with Crippen LogP contribution in [-0.4, -0.2) is 41.5 Å². The monoisotopic (exact) mass is 367 g/mol. The molecular weight excluding hydrogens is 351 g/mol. The number of imidazole rings is 1. The van der Waals surface area contributed by atoms with Gasteiger partial charge in [-0.15, -0.1) is 0 Å². The Balaban J connectivity index is 2.17. The highest BCUT2D eigenvalue weighted by atomic mass is 19.4. The second kappa shape index (κ2) is 6.74. The van der Waals surface area contributed by atoms with Crippen molar-refractivity contribution in [2.45, 2.75) is 6.18 Å². The first-order valence-electron chi connectivity index (χ1n) is 7.56. The first-order valence-corrected chi connectivity index (χ1v) is 7.56. The molecule has 9 heteroatoms. The number of hydrogen-bond acceptors (Lipinski definition) is 5. The Labute approximate surface area is 147 Å². The normalized spacial score (nSPS) is 11.6. The van der Waals surface area contributed by atoms with E-state index in [-0.39, 0.29) is 17.4 Å². The molecule has 26 heavy (non-hydrogen) atoms. The third-order valence-corrected chi connectivity index (χ3v) is 3.75. The first kappa shape index (κ1) is 17.8. The van der Waals surface area contributed by atoms with E-state index in [1.807, 2.05) is 17.7 Å². The van der Waals surface area contributed by atoms with E-state index < -0.39 is 12.8 Å². The number of fused-ring (bicyclic) bond motifs is 1. The molecule has 0 spiro atoms. The number of rotatable bonds is 5. The van der Waals surface area contributed by atoms with Crippen LogP contribution in [0.25, 0.3) is 22.2 Å². The first-order chi connectivity index (χ1) is 12.3. The van der Waals surface area contributed by atoms with Crippen molar-refractivity contribution in [3.05, 3.63) is 30.7 Å². The van der Waals surface area contributed by atoms with Crippen molar-refractivity contribution in [3.63, 3.8) is 0 Å². The van der Waals surface area contributed by atoms with Crippen molar-refractivity contribution in [2.75, 3.05) is 20.8 Å². The summed E-state index contributed by atoms with van der Waals surface area (Å²) in [6.07, 6.45) is -1.16. The molecular formula is C17H16F3N3O3. The zero-order valence-electron chi connectivity index (χ0n) is 14.3. The second-order valence-electron chi connectivity index (χ2n) is 5.51. The van der Waals surface area contributed by atoms with Gasteiger partial charge in [-0.3, -0.25) is 0 Å². The van der Waals surface area contributed by atoms with E-state index in [9.17, 15) is 13.2 Å². The highest BCUT2D eigenvalue weighted by molar-refractivity contribution is 5.92. The van der Waals surface area contributed by atoms with Crippen LogP contribution < -0.4 is 14.2 Å². The summed E-state index contributed by atoms with van der Waals surface area (Å²) in [5.41, 5.74) is 2.15. The van der Waals surface area contributed by atoms with Crippen molar-refractivity contribution >= 4 is 10.9 Å². The Kier molecular flexibility index (Phi) is 4.62. The minimum absolute atomic E-state index is 0.0770. The molecule has 138 valence electrons. The second-order valence-corrected chi connectivity index (χ2v) is 5.51. The molecule has 3 aromatic rings. The molecule has 0 atom stereocenters. The summed E-state index contributed by atoms with van der Waals surface area (Å²) >= 11 is 0. The topological polar surface area (TPSA) is 58.4 Å². The number of aryl methyl sites for hydroxylation is 1. The molecule has 0 N–H and O–H groups in total. The molecule has 6 nitrogen and oxygen atoms in total. The summed E-state index contributed by atoms with van der Waals surface area (Å²) in [4.78, 5) is 8.30. The lowest BCUT2D eigenvalue weighted by Gasteiger charge is -2.17. The lowest BCUT2D eigenvalue weighted by Crippen LogP contribution is -2.20. The Morgan fingerprint density at radius 1 is 1.12 bits per heavy atom. The number of nitrogens with zero attached hydrogens (tertiary/aromatic N) is 3. The van der Waals surface area contributed by atoms with Crippen LogP contribution in [0.1, 0.15) is 0 Å². The van der Waals surface area contributed by atoms with Crippen LogP contribution in [0.2, 0.25) is 0 Å². The van der Waals surface area contributed by atoms with Crippen LogP contribution in [0.5, 0.6) is 17.4 Å². The van der Waals surface area contributed by atoms with E-state index in [0.717, 1.165) is 11.3 Å². The van der Waals surface area contributed by atoms with Gasteiger partial charge in [0, 0.05) is 18.0 Å². The molecule has 1 aromatic carbocycles. The van der Waals surface area contributed by atoms with Gasteiger partial charge in [0.05, 0.1) is 38.0 Å². The number of hydrogen-bond donors (Lipinski definition) is 0. The van der Waals surface area contributed by atoms with Gasteiger partial charge in [0.15, 0.2) is 12.4 Å². The molecule has 0 saturated heterocycles. The van der Waals surface area contributed by atoms with Crippen molar-refractivity contribution in [3.8, 4) is 28.6 Å². The molecule has 2 heterocycles. The largest absolute Gasteiger partial charge is 0.492 e. The SMILES string of the molecule is COc1nc2ccc(-c3cncn3C)cc2c(OC)c1OCC(F)(F)F. The minimum atomic E-state index is -4.50. The predicted molar refractivity (Wildman–Crippen MR) is 88.6 cm³/mol. The molecule has 0 aliphatic rings. The third-order valence-electron chi connectivity index (χ3n) is 3.75. The van der Waals surface area contributed by atoms with Gasteiger partial charge in [0.1, 0.15) is 0 Å². The van der Waals surface area contributed by atoms with Gasteiger partial charge < -0.3 is 18.8 Å². The summed E-state index contributed by atoms with van der Waals surface area (Å²) in [5.74, 6) is -0.144. The molecule has 0 bridgehead atoms. The van der Waals surface area contributed by atoms with Gasteiger partial charge in [-0.2, -0.15) is 13.2 Å². The lowest BCUT2D eigenvalue weighted by atomic mass is 10.1. The molecule has 0 aliphatic carbocycles. The number of benzene rings is 1. The summed E-state index contributed by atoms with van der Waals surface area (Å²) in [6, 6.07) is 5.33. The Morgan fingerprint density at radius 2 is 1.88 bits per heavy atom.